The zero-order valence-corrected chi connectivity index (χ0v) is 18.3. The standard InChI is InChI=1S/C21H23FN2O5S2/c22-19-8-4-5-9-20(19)31(28,29)23-14-21(25)24-15-10-11-16(24)13-18(12-15)30(26,27)17-6-2-1-3-7-17/h1-9,15-16,18,23H,10-14H2. The third-order valence-electron chi connectivity index (χ3n) is 6.03. The molecule has 0 spiro atoms. The van der Waals surface area contributed by atoms with Gasteiger partial charge in [0.15, 0.2) is 9.84 Å². The maximum atomic E-state index is 13.8. The van der Waals surface area contributed by atoms with Crippen molar-refractivity contribution in [3.8, 4) is 0 Å². The summed E-state index contributed by atoms with van der Waals surface area (Å²) in [5.74, 6) is -1.32. The van der Waals surface area contributed by atoms with E-state index in [1.807, 2.05) is 0 Å². The number of nitrogens with zero attached hydrogens (tertiary/aromatic N) is 1. The lowest BCUT2D eigenvalue weighted by Gasteiger charge is -2.38. The fourth-order valence-corrected chi connectivity index (χ4v) is 7.50. The van der Waals surface area contributed by atoms with Crippen molar-refractivity contribution in [2.45, 2.75) is 52.8 Å². The van der Waals surface area contributed by atoms with Gasteiger partial charge >= 0.3 is 0 Å². The van der Waals surface area contributed by atoms with E-state index in [0.717, 1.165) is 12.1 Å². The third-order valence-corrected chi connectivity index (χ3v) is 9.65. The largest absolute Gasteiger partial charge is 0.336 e. The quantitative estimate of drug-likeness (QED) is 0.703. The van der Waals surface area contributed by atoms with Gasteiger partial charge in [0.2, 0.25) is 15.9 Å². The maximum Gasteiger partial charge on any atom is 0.243 e. The normalized spacial score (nSPS) is 23.6. The SMILES string of the molecule is O=C(CNS(=O)(=O)c1ccccc1F)N1C2CCC1CC(S(=O)(=O)c1ccccc1)C2. The number of sulfone groups is 1. The van der Waals surface area contributed by atoms with Crippen LogP contribution in [-0.4, -0.2) is 51.5 Å². The van der Waals surface area contributed by atoms with Crippen LogP contribution in [0, 0.1) is 5.82 Å². The van der Waals surface area contributed by atoms with Crippen molar-refractivity contribution in [2.24, 2.45) is 0 Å². The van der Waals surface area contributed by atoms with Gasteiger partial charge in [0.05, 0.1) is 16.7 Å². The number of fused-ring (bicyclic) bond motifs is 2. The first kappa shape index (κ1) is 21.9. The Hall–Kier alpha value is -2.30. The van der Waals surface area contributed by atoms with Gasteiger partial charge in [0.25, 0.3) is 0 Å². The molecule has 1 amide bonds. The zero-order chi connectivity index (χ0) is 22.2. The molecule has 2 fully saturated rings. The first-order chi connectivity index (χ1) is 14.7. The van der Waals surface area contributed by atoms with Crippen LogP contribution in [0.3, 0.4) is 0 Å². The van der Waals surface area contributed by atoms with Crippen LogP contribution in [0.1, 0.15) is 25.7 Å². The van der Waals surface area contributed by atoms with Crippen LogP contribution in [0.4, 0.5) is 4.39 Å². The molecule has 2 aliphatic rings. The second-order valence-corrected chi connectivity index (χ2v) is 11.9. The summed E-state index contributed by atoms with van der Waals surface area (Å²) in [4.78, 5) is 14.2. The molecule has 10 heteroatoms. The molecular formula is C21H23FN2O5S2. The highest BCUT2D eigenvalue weighted by molar-refractivity contribution is 7.92. The van der Waals surface area contributed by atoms with E-state index in [2.05, 4.69) is 4.72 Å². The molecule has 1 N–H and O–H groups in total. The maximum absolute atomic E-state index is 13.8. The Balaban J connectivity index is 1.44. The second-order valence-electron chi connectivity index (χ2n) is 7.89. The van der Waals surface area contributed by atoms with Crippen molar-refractivity contribution in [2.75, 3.05) is 6.54 Å². The Labute approximate surface area is 181 Å². The molecule has 2 saturated heterocycles. The number of sulfonamides is 1. The van der Waals surface area contributed by atoms with E-state index in [4.69, 9.17) is 0 Å². The number of halogens is 1. The topological polar surface area (TPSA) is 101 Å². The van der Waals surface area contributed by atoms with Crippen molar-refractivity contribution >= 4 is 25.8 Å². The molecule has 2 unspecified atom stereocenters. The molecule has 0 aromatic heterocycles. The lowest BCUT2D eigenvalue weighted by Crippen LogP contribution is -2.52. The molecule has 7 nitrogen and oxygen atoms in total. The van der Waals surface area contributed by atoms with Gasteiger partial charge in [-0.3, -0.25) is 4.79 Å². The van der Waals surface area contributed by atoms with Gasteiger partial charge in [-0.2, -0.15) is 0 Å². The molecule has 166 valence electrons. The molecule has 2 bridgehead atoms. The molecule has 2 aliphatic heterocycles. The molecule has 2 atom stereocenters. The van der Waals surface area contributed by atoms with E-state index in [-0.39, 0.29) is 17.0 Å². The highest BCUT2D eigenvalue weighted by Gasteiger charge is 2.47. The number of carbonyl (C=O) groups is 1. The lowest BCUT2D eigenvalue weighted by atomic mass is 10.0. The number of nitrogens with one attached hydrogen (secondary N) is 1. The van der Waals surface area contributed by atoms with Crippen molar-refractivity contribution in [3.05, 3.63) is 60.4 Å². The number of amides is 1. The Morgan fingerprint density at radius 1 is 0.935 bits per heavy atom. The zero-order valence-electron chi connectivity index (χ0n) is 16.6. The molecule has 2 aromatic rings. The van der Waals surface area contributed by atoms with Gasteiger partial charge in [-0.25, -0.2) is 25.9 Å². The average molecular weight is 467 g/mol. The summed E-state index contributed by atoms with van der Waals surface area (Å²) < 4.78 is 66.7. The van der Waals surface area contributed by atoms with Crippen LogP contribution >= 0.6 is 0 Å². The van der Waals surface area contributed by atoms with E-state index in [0.29, 0.717) is 25.7 Å². The smallest absolute Gasteiger partial charge is 0.243 e. The minimum Gasteiger partial charge on any atom is -0.336 e. The van der Waals surface area contributed by atoms with Gasteiger partial charge in [0.1, 0.15) is 10.7 Å². The molecule has 0 radical (unpaired) electrons. The summed E-state index contributed by atoms with van der Waals surface area (Å²) in [7, 11) is -7.68. The Bertz CT molecular complexity index is 1170. The first-order valence-corrected chi connectivity index (χ1v) is 13.1. The highest BCUT2D eigenvalue weighted by atomic mass is 32.2. The second kappa shape index (κ2) is 8.33. The van der Waals surface area contributed by atoms with Crippen LogP contribution in [0.25, 0.3) is 0 Å². The number of carbonyl (C=O) groups excluding carboxylic acids is 1. The van der Waals surface area contributed by atoms with Gasteiger partial charge in [-0.05, 0) is 49.9 Å². The predicted octanol–water partition coefficient (Wildman–Crippen LogP) is 2.10. The summed E-state index contributed by atoms with van der Waals surface area (Å²) in [6, 6.07) is 12.7. The molecular weight excluding hydrogens is 443 g/mol. The van der Waals surface area contributed by atoms with E-state index in [9.17, 15) is 26.0 Å². The fourth-order valence-electron chi connectivity index (χ4n) is 4.58. The minimum atomic E-state index is -4.18. The van der Waals surface area contributed by atoms with Gasteiger partial charge < -0.3 is 4.90 Å². The fraction of sp³-hybridized carbons (Fsp3) is 0.381. The van der Waals surface area contributed by atoms with E-state index in [1.165, 1.54) is 12.1 Å². The van der Waals surface area contributed by atoms with E-state index >= 15 is 0 Å². The van der Waals surface area contributed by atoms with Crippen molar-refractivity contribution < 1.29 is 26.0 Å². The van der Waals surface area contributed by atoms with Gasteiger partial charge in [0, 0.05) is 12.1 Å². The summed E-state index contributed by atoms with van der Waals surface area (Å²) >= 11 is 0. The van der Waals surface area contributed by atoms with Crippen LogP contribution in [0.15, 0.2) is 64.4 Å². The monoisotopic (exact) mass is 466 g/mol. The summed E-state index contributed by atoms with van der Waals surface area (Å²) in [6.07, 6.45) is 1.99. The van der Waals surface area contributed by atoms with Crippen molar-refractivity contribution in [3.63, 3.8) is 0 Å². The van der Waals surface area contributed by atoms with Crippen LogP contribution in [0.5, 0.6) is 0 Å². The molecule has 4 rings (SSSR count). The predicted molar refractivity (Wildman–Crippen MR) is 112 cm³/mol. The molecule has 2 heterocycles. The number of piperidine rings is 1. The minimum absolute atomic E-state index is 0.257. The van der Waals surface area contributed by atoms with Crippen LogP contribution in [-0.2, 0) is 24.7 Å². The molecule has 2 aromatic carbocycles. The van der Waals surface area contributed by atoms with Crippen molar-refractivity contribution in [1.29, 1.82) is 0 Å². The average Bonchev–Trinajstić information content (AvgIpc) is 3.02. The first-order valence-electron chi connectivity index (χ1n) is 10.0. The number of benzene rings is 2. The number of hydrogen-bond acceptors (Lipinski definition) is 5. The summed E-state index contributed by atoms with van der Waals surface area (Å²) in [5, 5.41) is -0.577. The lowest BCUT2D eigenvalue weighted by molar-refractivity contribution is -0.134. The Kier molecular flexibility index (Phi) is 5.89. The number of rotatable bonds is 6. The Morgan fingerprint density at radius 3 is 2.13 bits per heavy atom. The van der Waals surface area contributed by atoms with Gasteiger partial charge in [-0.15, -0.1) is 0 Å². The molecule has 31 heavy (non-hydrogen) atoms. The summed E-state index contributed by atoms with van der Waals surface area (Å²) in [5.41, 5.74) is 0. The third kappa shape index (κ3) is 4.24. The Morgan fingerprint density at radius 2 is 1.52 bits per heavy atom. The number of hydrogen-bond donors (Lipinski definition) is 1. The van der Waals surface area contributed by atoms with E-state index < -0.39 is 48.3 Å². The van der Waals surface area contributed by atoms with Crippen LogP contribution in [0.2, 0.25) is 0 Å². The molecule has 0 aliphatic carbocycles. The summed E-state index contributed by atoms with van der Waals surface area (Å²) in [6.45, 7) is -0.500. The van der Waals surface area contributed by atoms with Gasteiger partial charge in [-0.1, -0.05) is 30.3 Å². The highest BCUT2D eigenvalue weighted by Crippen LogP contribution is 2.39. The van der Waals surface area contributed by atoms with Crippen LogP contribution < -0.4 is 4.72 Å². The van der Waals surface area contributed by atoms with E-state index in [1.54, 1.807) is 35.2 Å². The molecule has 0 saturated carbocycles. The van der Waals surface area contributed by atoms with Crippen molar-refractivity contribution in [1.82, 2.24) is 9.62 Å².